The van der Waals surface area contributed by atoms with Crippen molar-refractivity contribution in [1.29, 1.82) is 0 Å². The number of fused-ring (bicyclic) bond motifs is 1. The zero-order valence-electron chi connectivity index (χ0n) is 19.3. The molecule has 35 heavy (non-hydrogen) atoms. The van der Waals surface area contributed by atoms with Gasteiger partial charge in [0.15, 0.2) is 0 Å². The maximum atomic E-state index is 13.0. The van der Waals surface area contributed by atoms with Crippen molar-refractivity contribution in [2.45, 2.75) is 26.0 Å². The standard InChI is InChI=1S/C26H23ClN2O6/c1-26(2)20-10-6-16(23(30)28-19-8-4-15(5-9-19)24(31)32)13-21(20)29(25(33)35-26)14-17-12-18(27)7-11-22(17)34-3/h4-13H,14H2,1-3H3,(H,28,30)(H,31,32). The first-order chi connectivity index (χ1) is 16.6. The SMILES string of the molecule is COc1ccc(Cl)cc1CN1C(=O)OC(C)(C)c2ccc(C(=O)Nc3ccc(C(=O)O)cc3)cc21. The second kappa shape index (κ2) is 9.31. The van der Waals surface area contributed by atoms with Gasteiger partial charge in [0, 0.05) is 27.4 Å². The van der Waals surface area contributed by atoms with Crippen LogP contribution in [0.25, 0.3) is 0 Å². The van der Waals surface area contributed by atoms with Gasteiger partial charge in [0.2, 0.25) is 0 Å². The Hall–Kier alpha value is -4.04. The maximum absolute atomic E-state index is 13.0. The van der Waals surface area contributed by atoms with E-state index in [9.17, 15) is 14.4 Å². The number of hydrogen-bond acceptors (Lipinski definition) is 5. The average molecular weight is 495 g/mol. The lowest BCUT2D eigenvalue weighted by Crippen LogP contribution is -2.43. The first-order valence-electron chi connectivity index (χ1n) is 10.7. The second-order valence-electron chi connectivity index (χ2n) is 8.49. The molecule has 0 fully saturated rings. The molecule has 180 valence electrons. The lowest BCUT2D eigenvalue weighted by molar-refractivity contribution is 0.0346. The van der Waals surface area contributed by atoms with E-state index in [2.05, 4.69) is 5.32 Å². The number of anilines is 2. The number of hydrogen-bond donors (Lipinski definition) is 2. The van der Waals surface area contributed by atoms with E-state index >= 15 is 0 Å². The van der Waals surface area contributed by atoms with Gasteiger partial charge < -0.3 is 19.9 Å². The van der Waals surface area contributed by atoms with Crippen LogP contribution in [0.5, 0.6) is 5.75 Å². The third-order valence-corrected chi connectivity index (χ3v) is 5.96. The van der Waals surface area contributed by atoms with Crippen LogP contribution in [0, 0.1) is 0 Å². The van der Waals surface area contributed by atoms with Gasteiger partial charge in [-0.15, -0.1) is 0 Å². The number of methoxy groups -OCH3 is 1. The topological polar surface area (TPSA) is 105 Å². The van der Waals surface area contributed by atoms with E-state index in [-0.39, 0.29) is 12.1 Å². The van der Waals surface area contributed by atoms with Gasteiger partial charge >= 0.3 is 12.1 Å². The molecule has 0 unspecified atom stereocenters. The predicted octanol–water partition coefficient (Wildman–Crippen LogP) is 5.69. The van der Waals surface area contributed by atoms with Crippen LogP contribution in [-0.4, -0.2) is 30.2 Å². The highest BCUT2D eigenvalue weighted by Crippen LogP contribution is 2.41. The maximum Gasteiger partial charge on any atom is 0.415 e. The lowest BCUT2D eigenvalue weighted by Gasteiger charge is -2.38. The van der Waals surface area contributed by atoms with Crippen LogP contribution in [-0.2, 0) is 16.9 Å². The molecule has 1 aliphatic rings. The van der Waals surface area contributed by atoms with Crippen LogP contribution < -0.4 is 15.0 Å². The average Bonchev–Trinajstić information content (AvgIpc) is 2.81. The van der Waals surface area contributed by atoms with Gasteiger partial charge in [0.25, 0.3) is 5.91 Å². The van der Waals surface area contributed by atoms with Gasteiger partial charge in [-0.3, -0.25) is 9.69 Å². The van der Waals surface area contributed by atoms with Gasteiger partial charge in [-0.2, -0.15) is 0 Å². The molecule has 3 aromatic rings. The summed E-state index contributed by atoms with van der Waals surface area (Å²) in [5.74, 6) is -0.899. The molecule has 1 heterocycles. The summed E-state index contributed by atoms with van der Waals surface area (Å²) in [6.07, 6.45) is -0.564. The van der Waals surface area contributed by atoms with Crippen molar-refractivity contribution < 1.29 is 29.0 Å². The zero-order valence-corrected chi connectivity index (χ0v) is 20.1. The number of benzene rings is 3. The van der Waals surface area contributed by atoms with Crippen LogP contribution in [0.15, 0.2) is 60.7 Å². The van der Waals surface area contributed by atoms with Crippen LogP contribution in [0.1, 0.15) is 45.7 Å². The molecule has 2 amide bonds. The van der Waals surface area contributed by atoms with Crippen molar-refractivity contribution in [2.24, 2.45) is 0 Å². The van der Waals surface area contributed by atoms with Crippen LogP contribution >= 0.6 is 11.6 Å². The first kappa shape index (κ1) is 24.1. The van der Waals surface area contributed by atoms with Gasteiger partial charge in [-0.1, -0.05) is 17.7 Å². The number of cyclic esters (lactones) is 1. The lowest BCUT2D eigenvalue weighted by atomic mass is 9.92. The molecule has 4 rings (SSSR count). The zero-order chi connectivity index (χ0) is 25.3. The Labute approximate surface area is 207 Å². The fourth-order valence-corrected chi connectivity index (χ4v) is 4.12. The van der Waals surface area contributed by atoms with Crippen molar-refractivity contribution in [3.05, 3.63) is 87.9 Å². The first-order valence-corrected chi connectivity index (χ1v) is 11.1. The van der Waals surface area contributed by atoms with Gasteiger partial charge in [0.1, 0.15) is 11.4 Å². The van der Waals surface area contributed by atoms with E-state index in [0.717, 1.165) is 5.56 Å². The summed E-state index contributed by atoms with van der Waals surface area (Å²) >= 11 is 6.17. The minimum atomic E-state index is -1.05. The van der Waals surface area contributed by atoms with E-state index in [0.29, 0.717) is 33.3 Å². The minimum Gasteiger partial charge on any atom is -0.496 e. The highest BCUT2D eigenvalue weighted by molar-refractivity contribution is 6.30. The van der Waals surface area contributed by atoms with Crippen LogP contribution in [0.2, 0.25) is 5.02 Å². The van der Waals surface area contributed by atoms with Crippen molar-refractivity contribution in [3.63, 3.8) is 0 Å². The number of halogens is 1. The molecule has 0 saturated heterocycles. The van der Waals surface area contributed by atoms with Gasteiger partial charge in [0.05, 0.1) is 24.9 Å². The van der Waals surface area contributed by atoms with E-state index < -0.39 is 23.6 Å². The van der Waals surface area contributed by atoms with Gasteiger partial charge in [-0.05, 0) is 68.4 Å². The summed E-state index contributed by atoms with van der Waals surface area (Å²) in [6.45, 7) is 3.68. The monoisotopic (exact) mass is 494 g/mol. The Kier molecular flexibility index (Phi) is 6.41. The fourth-order valence-electron chi connectivity index (χ4n) is 3.92. The molecule has 0 spiro atoms. The fraction of sp³-hybridized carbons (Fsp3) is 0.192. The third-order valence-electron chi connectivity index (χ3n) is 5.72. The summed E-state index contributed by atoms with van der Waals surface area (Å²) in [7, 11) is 1.53. The highest BCUT2D eigenvalue weighted by atomic mass is 35.5. The van der Waals surface area contributed by atoms with Gasteiger partial charge in [-0.25, -0.2) is 9.59 Å². The van der Waals surface area contributed by atoms with E-state index in [1.54, 1.807) is 50.2 Å². The number of carbonyl (C=O) groups is 3. The van der Waals surface area contributed by atoms with Crippen molar-refractivity contribution in [1.82, 2.24) is 0 Å². The molecule has 0 saturated carbocycles. The highest BCUT2D eigenvalue weighted by Gasteiger charge is 2.39. The number of aromatic carboxylic acids is 1. The molecule has 0 bridgehead atoms. The van der Waals surface area contributed by atoms with E-state index in [1.807, 2.05) is 0 Å². The molecule has 0 aliphatic carbocycles. The third kappa shape index (κ3) is 4.93. The summed E-state index contributed by atoms with van der Waals surface area (Å²) in [4.78, 5) is 38.5. The summed E-state index contributed by atoms with van der Waals surface area (Å²) in [5.41, 5.74) is 1.92. The summed E-state index contributed by atoms with van der Waals surface area (Å²) in [6, 6.07) is 16.0. The molecule has 2 N–H and O–H groups in total. The minimum absolute atomic E-state index is 0.115. The second-order valence-corrected chi connectivity index (χ2v) is 8.93. The number of carbonyl (C=O) groups excluding carboxylic acids is 2. The van der Waals surface area contributed by atoms with Crippen molar-refractivity contribution in [2.75, 3.05) is 17.3 Å². The number of ether oxygens (including phenoxy) is 2. The Morgan fingerprint density at radius 1 is 1.06 bits per heavy atom. The molecule has 8 nitrogen and oxygen atoms in total. The predicted molar refractivity (Wildman–Crippen MR) is 131 cm³/mol. The Morgan fingerprint density at radius 2 is 1.74 bits per heavy atom. The normalized spacial score (nSPS) is 14.1. The number of nitrogens with zero attached hydrogens (tertiary/aromatic N) is 1. The summed E-state index contributed by atoms with van der Waals surface area (Å²) < 4.78 is 11.1. The Bertz CT molecular complexity index is 1320. The molecule has 3 aromatic carbocycles. The van der Waals surface area contributed by atoms with E-state index in [4.69, 9.17) is 26.2 Å². The Balaban J connectivity index is 1.68. The number of rotatable bonds is 6. The van der Waals surface area contributed by atoms with Crippen LogP contribution in [0.4, 0.5) is 16.2 Å². The van der Waals surface area contributed by atoms with Crippen molar-refractivity contribution in [3.8, 4) is 5.75 Å². The van der Waals surface area contributed by atoms with Crippen molar-refractivity contribution >= 4 is 40.9 Å². The summed E-state index contributed by atoms with van der Waals surface area (Å²) in [5, 5.41) is 12.3. The number of carboxylic acid groups (broad SMARTS) is 1. The Morgan fingerprint density at radius 3 is 2.40 bits per heavy atom. The molecule has 9 heteroatoms. The largest absolute Gasteiger partial charge is 0.496 e. The molecule has 1 aliphatic heterocycles. The molecule has 0 radical (unpaired) electrons. The molecular formula is C26H23ClN2O6. The molecule has 0 aromatic heterocycles. The quantitative estimate of drug-likeness (QED) is 0.456. The molecular weight excluding hydrogens is 472 g/mol. The van der Waals surface area contributed by atoms with E-state index in [1.165, 1.54) is 36.3 Å². The number of amides is 2. The smallest absolute Gasteiger partial charge is 0.415 e. The molecule has 0 atom stereocenters. The number of nitrogens with one attached hydrogen (secondary N) is 1. The number of carboxylic acids is 1. The van der Waals surface area contributed by atoms with Crippen LogP contribution in [0.3, 0.4) is 0 Å².